The minimum atomic E-state index is -1.10. The zero-order valence-electron chi connectivity index (χ0n) is 26.0. The number of carbonyl (C=O) groups is 1. The molecular formula is C36H36F2N6O2S2. The Balaban J connectivity index is 1.12. The molecule has 7 N–H and O–H groups in total. The second-order valence-corrected chi connectivity index (χ2v) is 13.1. The molecule has 0 saturated heterocycles. The van der Waals surface area contributed by atoms with E-state index in [9.17, 15) is 18.7 Å². The lowest BCUT2D eigenvalue weighted by molar-refractivity contribution is -0.119. The van der Waals surface area contributed by atoms with E-state index in [2.05, 4.69) is 10.3 Å². The zero-order chi connectivity index (χ0) is 34.5. The maximum Gasteiger partial charge on any atom is 0.230 e. The third-order valence-electron chi connectivity index (χ3n) is 6.99. The Labute approximate surface area is 286 Å². The Kier molecular flexibility index (Phi) is 13.6. The molecule has 0 aliphatic carbocycles. The number of nitrogens with two attached hydrogens (primary N) is 1. The summed E-state index contributed by atoms with van der Waals surface area (Å²) in [6, 6.07) is 27.1. The Morgan fingerprint density at radius 2 is 1.23 bits per heavy atom. The van der Waals surface area contributed by atoms with E-state index in [1.54, 1.807) is 30.3 Å². The van der Waals surface area contributed by atoms with Crippen molar-refractivity contribution in [3.8, 4) is 22.3 Å². The van der Waals surface area contributed by atoms with Crippen molar-refractivity contribution in [2.45, 2.75) is 44.8 Å². The summed E-state index contributed by atoms with van der Waals surface area (Å²) in [6.45, 7) is 0. The van der Waals surface area contributed by atoms with Crippen molar-refractivity contribution in [3.63, 3.8) is 0 Å². The summed E-state index contributed by atoms with van der Waals surface area (Å²) < 4.78 is 27.2. The number of aliphatic hydroxyl groups is 1. The minimum absolute atomic E-state index is 0.0342. The second-order valence-electron chi connectivity index (χ2n) is 10.9. The monoisotopic (exact) mass is 686 g/mol. The van der Waals surface area contributed by atoms with Crippen molar-refractivity contribution >= 4 is 49.9 Å². The number of halogens is 2. The number of aliphatic imine (C=N–C) groups is 1. The van der Waals surface area contributed by atoms with Gasteiger partial charge in [-0.1, -0.05) is 72.8 Å². The first kappa shape index (κ1) is 36.2. The van der Waals surface area contributed by atoms with Crippen LogP contribution in [0.5, 0.6) is 0 Å². The highest BCUT2D eigenvalue weighted by molar-refractivity contribution is 8.26. The fourth-order valence-electron chi connectivity index (χ4n) is 4.81. The number of nitrogens with one attached hydrogen (secondary N) is 4. The highest BCUT2D eigenvalue weighted by Crippen LogP contribution is 2.23. The van der Waals surface area contributed by atoms with Gasteiger partial charge in [0.1, 0.15) is 11.6 Å². The molecule has 0 saturated carbocycles. The summed E-state index contributed by atoms with van der Waals surface area (Å²) >= 11 is 1.84. The van der Waals surface area contributed by atoms with Gasteiger partial charge >= 0.3 is 0 Å². The molecule has 48 heavy (non-hydrogen) atoms. The molecule has 8 nitrogen and oxygen atoms in total. The third-order valence-corrected chi connectivity index (χ3v) is 8.51. The molecule has 1 unspecified atom stereocenters. The maximum atomic E-state index is 13.6. The van der Waals surface area contributed by atoms with E-state index in [1.165, 1.54) is 24.3 Å². The Bertz CT molecular complexity index is 1820. The van der Waals surface area contributed by atoms with Crippen molar-refractivity contribution in [2.75, 3.05) is 0 Å². The van der Waals surface area contributed by atoms with Gasteiger partial charge in [-0.3, -0.25) is 21.0 Å². The van der Waals surface area contributed by atoms with E-state index >= 15 is 0 Å². The SMILES string of the molecule is N=C(CCCCC(=N)S/C(N)=N\C(O)Cc1cccc(-c2cccc(F)c2)c1)SC(=N)NC(=O)Cc1cccc(-c2cccc(F)c2)c1. The Hall–Kier alpha value is -4.65. The molecule has 12 heteroatoms. The molecule has 0 radical (unpaired) electrons. The third kappa shape index (κ3) is 12.2. The number of unbranched alkanes of at least 4 members (excludes halogenated alkanes) is 1. The number of rotatable bonds is 12. The van der Waals surface area contributed by atoms with Gasteiger partial charge in [0.2, 0.25) is 5.91 Å². The first-order chi connectivity index (χ1) is 23.0. The molecule has 0 heterocycles. The average Bonchev–Trinajstić information content (AvgIpc) is 3.03. The molecule has 0 aliphatic rings. The lowest BCUT2D eigenvalue weighted by Crippen LogP contribution is -2.29. The van der Waals surface area contributed by atoms with Gasteiger partial charge in [0, 0.05) is 6.42 Å². The second kappa shape index (κ2) is 18.0. The fourth-order valence-corrected chi connectivity index (χ4v) is 6.14. The summed E-state index contributed by atoms with van der Waals surface area (Å²) in [5.41, 5.74) is 10.5. The molecule has 248 valence electrons. The summed E-state index contributed by atoms with van der Waals surface area (Å²) in [6.07, 6.45) is 1.14. The lowest BCUT2D eigenvalue weighted by Gasteiger charge is -2.10. The fraction of sp³-hybridized carbons (Fsp3) is 0.194. The molecule has 0 aromatic heterocycles. The van der Waals surface area contributed by atoms with Gasteiger partial charge in [0.25, 0.3) is 0 Å². The van der Waals surface area contributed by atoms with Crippen LogP contribution >= 0.6 is 23.5 Å². The molecule has 1 amide bonds. The molecule has 4 aromatic rings. The van der Waals surface area contributed by atoms with Gasteiger partial charge < -0.3 is 16.2 Å². The first-order valence-corrected chi connectivity index (χ1v) is 16.8. The van der Waals surface area contributed by atoms with Gasteiger partial charge in [-0.15, -0.1) is 0 Å². The van der Waals surface area contributed by atoms with Crippen LogP contribution in [-0.4, -0.2) is 37.7 Å². The molecule has 4 aromatic carbocycles. The molecule has 4 rings (SSSR count). The van der Waals surface area contributed by atoms with E-state index in [-0.39, 0.29) is 50.8 Å². The van der Waals surface area contributed by atoms with E-state index in [0.29, 0.717) is 31.2 Å². The van der Waals surface area contributed by atoms with Crippen molar-refractivity contribution < 1.29 is 18.7 Å². The van der Waals surface area contributed by atoms with Crippen LogP contribution in [0.4, 0.5) is 8.78 Å². The van der Waals surface area contributed by atoms with Crippen molar-refractivity contribution in [1.82, 2.24) is 5.32 Å². The molecule has 0 aliphatic heterocycles. The number of nitrogens with zero attached hydrogens (tertiary/aromatic N) is 1. The molecule has 0 fully saturated rings. The summed E-state index contributed by atoms with van der Waals surface area (Å²) in [5, 5.41) is 37.8. The lowest BCUT2D eigenvalue weighted by atomic mass is 10.0. The molecule has 1 atom stereocenters. The average molecular weight is 687 g/mol. The minimum Gasteiger partial charge on any atom is -0.378 e. The van der Waals surface area contributed by atoms with Crippen LogP contribution in [0.15, 0.2) is 102 Å². The van der Waals surface area contributed by atoms with Crippen LogP contribution in [0.2, 0.25) is 0 Å². The Morgan fingerprint density at radius 3 is 1.79 bits per heavy atom. The predicted molar refractivity (Wildman–Crippen MR) is 194 cm³/mol. The number of hydrogen-bond donors (Lipinski definition) is 6. The van der Waals surface area contributed by atoms with Crippen LogP contribution in [0.1, 0.15) is 36.8 Å². The van der Waals surface area contributed by atoms with Gasteiger partial charge in [0.15, 0.2) is 16.6 Å². The van der Waals surface area contributed by atoms with Crippen molar-refractivity contribution in [1.29, 1.82) is 16.2 Å². The van der Waals surface area contributed by atoms with Gasteiger partial charge in [-0.05, 0) is 107 Å². The van der Waals surface area contributed by atoms with E-state index in [1.807, 2.05) is 42.5 Å². The Morgan fingerprint density at radius 1 is 0.750 bits per heavy atom. The van der Waals surface area contributed by atoms with Gasteiger partial charge in [-0.25, -0.2) is 13.8 Å². The highest BCUT2D eigenvalue weighted by Gasteiger charge is 2.12. The van der Waals surface area contributed by atoms with Gasteiger partial charge in [0.05, 0.1) is 16.5 Å². The van der Waals surface area contributed by atoms with E-state index in [4.69, 9.17) is 22.0 Å². The summed E-state index contributed by atoms with van der Waals surface area (Å²) in [4.78, 5) is 16.6. The normalized spacial score (nSPS) is 11.9. The van der Waals surface area contributed by atoms with Crippen LogP contribution in [0.3, 0.4) is 0 Å². The number of benzene rings is 4. The number of thioether (sulfide) groups is 2. The predicted octanol–water partition coefficient (Wildman–Crippen LogP) is 7.75. The number of hydrogen-bond acceptors (Lipinski definition) is 8. The van der Waals surface area contributed by atoms with E-state index in [0.717, 1.165) is 51.3 Å². The summed E-state index contributed by atoms with van der Waals surface area (Å²) in [5.74, 6) is -1.05. The quantitative estimate of drug-likeness (QED) is 0.0510. The van der Waals surface area contributed by atoms with Crippen LogP contribution in [0, 0.1) is 27.9 Å². The highest BCUT2D eigenvalue weighted by atomic mass is 32.2. The standard InChI is InChI=1S/C36H36F2N6O2S2/c37-29-13-5-11-27(21-29)25-9-3-7-23(17-25)19-33(45)43-35(41)47-31(39)15-1-2-16-32(40)48-36(42)44-34(46)20-24-8-4-10-26(18-24)28-12-6-14-30(38)22-28/h3-14,17-18,21-22,33,39-40,45H,1-2,15-16,19-20H2,(H2,41,43)(H2,42,44,46). The van der Waals surface area contributed by atoms with Crippen LogP contribution < -0.4 is 11.1 Å². The number of amidine groups is 2. The van der Waals surface area contributed by atoms with Crippen molar-refractivity contribution in [3.05, 3.63) is 120 Å². The number of amides is 1. The smallest absolute Gasteiger partial charge is 0.230 e. The zero-order valence-corrected chi connectivity index (χ0v) is 27.6. The summed E-state index contributed by atoms with van der Waals surface area (Å²) in [7, 11) is 0. The molecule has 0 bridgehead atoms. The topological polar surface area (TPSA) is 159 Å². The van der Waals surface area contributed by atoms with Gasteiger partial charge in [-0.2, -0.15) is 0 Å². The molecule has 0 spiro atoms. The molecular weight excluding hydrogens is 651 g/mol. The van der Waals surface area contributed by atoms with E-state index < -0.39 is 6.23 Å². The first-order valence-electron chi connectivity index (χ1n) is 15.1. The largest absolute Gasteiger partial charge is 0.378 e. The van der Waals surface area contributed by atoms with Crippen molar-refractivity contribution in [2.24, 2.45) is 10.7 Å². The number of carbonyl (C=O) groups excluding carboxylic acids is 1. The number of aliphatic hydroxyl groups excluding tert-OH is 1. The van der Waals surface area contributed by atoms with Crippen LogP contribution in [0.25, 0.3) is 22.3 Å². The van der Waals surface area contributed by atoms with Crippen LogP contribution in [-0.2, 0) is 17.6 Å². The maximum absolute atomic E-state index is 13.6.